The van der Waals surface area contributed by atoms with Gasteiger partial charge in [-0.1, -0.05) is 11.6 Å². The maximum atomic E-state index is 10.7. The second-order valence-corrected chi connectivity index (χ2v) is 5.66. The van der Waals surface area contributed by atoms with E-state index in [0.717, 1.165) is 30.8 Å². The van der Waals surface area contributed by atoms with Crippen molar-refractivity contribution in [3.63, 3.8) is 0 Å². The SMILES string of the molecule is CSCC1CCCN1c1ccc([N+](=O)[O-])cc1Cl. The van der Waals surface area contributed by atoms with Crippen molar-refractivity contribution >= 4 is 34.7 Å². The minimum atomic E-state index is -0.418. The second kappa shape index (κ2) is 5.80. The molecule has 0 radical (unpaired) electrons. The molecule has 0 bridgehead atoms. The molecule has 0 aromatic heterocycles. The normalized spacial score (nSPS) is 19.2. The van der Waals surface area contributed by atoms with Crippen molar-refractivity contribution < 1.29 is 4.92 Å². The largest absolute Gasteiger partial charge is 0.367 e. The predicted octanol–water partition coefficient (Wildman–Crippen LogP) is 3.58. The number of hydrogen-bond acceptors (Lipinski definition) is 4. The van der Waals surface area contributed by atoms with Crippen LogP contribution in [0.3, 0.4) is 0 Å². The highest BCUT2D eigenvalue weighted by Crippen LogP contribution is 2.34. The Kier molecular flexibility index (Phi) is 4.35. The summed E-state index contributed by atoms with van der Waals surface area (Å²) in [6, 6.07) is 5.21. The average Bonchev–Trinajstić information content (AvgIpc) is 2.77. The molecule has 18 heavy (non-hydrogen) atoms. The molecule has 0 amide bonds. The summed E-state index contributed by atoms with van der Waals surface area (Å²) in [6.45, 7) is 0.975. The van der Waals surface area contributed by atoms with E-state index in [-0.39, 0.29) is 5.69 Å². The molecular weight excluding hydrogens is 272 g/mol. The van der Waals surface area contributed by atoms with E-state index >= 15 is 0 Å². The highest BCUT2D eigenvalue weighted by molar-refractivity contribution is 7.98. The minimum absolute atomic E-state index is 0.0457. The third kappa shape index (κ3) is 2.72. The number of non-ortho nitro benzene ring substituents is 1. The summed E-state index contributed by atoms with van der Waals surface area (Å²) < 4.78 is 0. The zero-order chi connectivity index (χ0) is 13.1. The molecule has 1 aromatic rings. The van der Waals surface area contributed by atoms with Gasteiger partial charge in [0, 0.05) is 30.5 Å². The van der Waals surface area contributed by atoms with Gasteiger partial charge in [0.15, 0.2) is 0 Å². The number of nitro benzene ring substituents is 1. The summed E-state index contributed by atoms with van der Waals surface area (Å²) in [6.07, 6.45) is 4.40. The van der Waals surface area contributed by atoms with Crippen molar-refractivity contribution in [2.75, 3.05) is 23.5 Å². The molecule has 4 nitrogen and oxygen atoms in total. The number of thioether (sulfide) groups is 1. The van der Waals surface area contributed by atoms with E-state index in [1.54, 1.807) is 6.07 Å². The average molecular weight is 287 g/mol. The molecule has 1 aliphatic rings. The number of hydrogen-bond donors (Lipinski definition) is 0. The van der Waals surface area contributed by atoms with Crippen LogP contribution in [0.1, 0.15) is 12.8 Å². The predicted molar refractivity (Wildman–Crippen MR) is 76.9 cm³/mol. The summed E-state index contributed by atoms with van der Waals surface area (Å²) in [5.74, 6) is 1.06. The van der Waals surface area contributed by atoms with Crippen LogP contribution in [0.25, 0.3) is 0 Å². The van der Waals surface area contributed by atoms with Gasteiger partial charge in [0.25, 0.3) is 5.69 Å². The number of nitro groups is 1. The van der Waals surface area contributed by atoms with Crippen molar-refractivity contribution in [1.29, 1.82) is 0 Å². The highest BCUT2D eigenvalue weighted by atomic mass is 35.5. The van der Waals surface area contributed by atoms with E-state index in [1.165, 1.54) is 12.1 Å². The molecule has 1 unspecified atom stereocenters. The lowest BCUT2D eigenvalue weighted by molar-refractivity contribution is -0.384. The van der Waals surface area contributed by atoms with Crippen LogP contribution in [-0.4, -0.2) is 29.5 Å². The van der Waals surface area contributed by atoms with Gasteiger partial charge in [0.1, 0.15) is 0 Å². The molecule has 98 valence electrons. The van der Waals surface area contributed by atoms with Crippen molar-refractivity contribution in [3.05, 3.63) is 33.3 Å². The Balaban J connectivity index is 2.25. The number of anilines is 1. The van der Waals surface area contributed by atoms with Crippen LogP contribution in [-0.2, 0) is 0 Å². The zero-order valence-electron chi connectivity index (χ0n) is 10.1. The van der Waals surface area contributed by atoms with Gasteiger partial charge in [-0.25, -0.2) is 0 Å². The summed E-state index contributed by atoms with van der Waals surface area (Å²) in [4.78, 5) is 12.5. The molecule has 1 fully saturated rings. The summed E-state index contributed by atoms with van der Waals surface area (Å²) in [5.41, 5.74) is 0.961. The van der Waals surface area contributed by atoms with Gasteiger partial charge >= 0.3 is 0 Å². The van der Waals surface area contributed by atoms with Crippen LogP contribution in [0.2, 0.25) is 5.02 Å². The molecule has 1 aliphatic heterocycles. The van der Waals surface area contributed by atoms with Crippen molar-refractivity contribution in [2.24, 2.45) is 0 Å². The Bertz CT molecular complexity index is 456. The number of nitrogens with zero attached hydrogens (tertiary/aromatic N) is 2. The number of rotatable bonds is 4. The molecule has 2 rings (SSSR count). The van der Waals surface area contributed by atoms with Crippen molar-refractivity contribution in [2.45, 2.75) is 18.9 Å². The fourth-order valence-corrected chi connectivity index (χ4v) is 3.38. The van der Waals surface area contributed by atoms with E-state index in [4.69, 9.17) is 11.6 Å². The van der Waals surface area contributed by atoms with Crippen LogP contribution >= 0.6 is 23.4 Å². The summed E-state index contributed by atoms with van der Waals surface area (Å²) in [5, 5.41) is 11.2. The van der Waals surface area contributed by atoms with Crippen LogP contribution in [0, 0.1) is 10.1 Å². The third-order valence-corrected chi connectivity index (χ3v) is 4.21. The van der Waals surface area contributed by atoms with Gasteiger partial charge in [-0.15, -0.1) is 0 Å². The smallest absolute Gasteiger partial charge is 0.271 e. The second-order valence-electron chi connectivity index (χ2n) is 4.34. The topological polar surface area (TPSA) is 46.4 Å². The van der Waals surface area contributed by atoms with Crippen LogP contribution in [0.4, 0.5) is 11.4 Å². The molecule has 0 saturated carbocycles. The molecule has 0 aliphatic carbocycles. The Morgan fingerprint density at radius 3 is 3.00 bits per heavy atom. The van der Waals surface area contributed by atoms with Gasteiger partial charge in [-0.3, -0.25) is 10.1 Å². The standard InChI is InChI=1S/C12H15ClN2O2S/c1-18-8-10-3-2-6-14(10)12-5-4-9(15(16)17)7-11(12)13/h4-5,7,10H,2-3,6,8H2,1H3. The zero-order valence-corrected chi connectivity index (χ0v) is 11.7. The third-order valence-electron chi connectivity index (χ3n) is 3.19. The fraction of sp³-hybridized carbons (Fsp3) is 0.500. The molecule has 1 atom stereocenters. The number of benzene rings is 1. The first-order valence-electron chi connectivity index (χ1n) is 5.83. The molecule has 1 aromatic carbocycles. The van der Waals surface area contributed by atoms with E-state index < -0.39 is 4.92 Å². The first kappa shape index (κ1) is 13.5. The quantitative estimate of drug-likeness (QED) is 0.627. The molecule has 6 heteroatoms. The molecular formula is C12H15ClN2O2S. The first-order chi connectivity index (χ1) is 8.63. The van der Waals surface area contributed by atoms with E-state index in [1.807, 2.05) is 11.8 Å². The first-order valence-corrected chi connectivity index (χ1v) is 7.60. The van der Waals surface area contributed by atoms with E-state index in [9.17, 15) is 10.1 Å². The monoisotopic (exact) mass is 286 g/mol. The molecule has 0 N–H and O–H groups in total. The van der Waals surface area contributed by atoms with Gasteiger partial charge < -0.3 is 4.90 Å². The van der Waals surface area contributed by atoms with Crippen LogP contribution in [0.15, 0.2) is 18.2 Å². The fourth-order valence-electron chi connectivity index (χ4n) is 2.36. The highest BCUT2D eigenvalue weighted by Gasteiger charge is 2.26. The Morgan fingerprint density at radius 1 is 1.61 bits per heavy atom. The lowest BCUT2D eigenvalue weighted by atomic mass is 10.2. The Labute approximate surface area is 115 Å². The van der Waals surface area contributed by atoms with Gasteiger partial charge in [-0.05, 0) is 25.2 Å². The Hall–Kier alpha value is -0.940. The minimum Gasteiger partial charge on any atom is -0.367 e. The van der Waals surface area contributed by atoms with Gasteiger partial charge in [0.05, 0.1) is 15.6 Å². The van der Waals surface area contributed by atoms with Gasteiger partial charge in [0.2, 0.25) is 0 Å². The summed E-state index contributed by atoms with van der Waals surface area (Å²) >= 11 is 7.98. The molecule has 1 saturated heterocycles. The maximum absolute atomic E-state index is 10.7. The number of halogens is 1. The van der Waals surface area contributed by atoms with Crippen molar-refractivity contribution in [3.8, 4) is 0 Å². The van der Waals surface area contributed by atoms with Gasteiger partial charge in [-0.2, -0.15) is 11.8 Å². The van der Waals surface area contributed by atoms with Crippen LogP contribution < -0.4 is 4.90 Å². The Morgan fingerprint density at radius 2 is 2.39 bits per heavy atom. The van der Waals surface area contributed by atoms with E-state index in [0.29, 0.717) is 11.1 Å². The lowest BCUT2D eigenvalue weighted by Crippen LogP contribution is -2.31. The maximum Gasteiger partial charge on any atom is 0.271 e. The van der Waals surface area contributed by atoms with E-state index in [2.05, 4.69) is 11.2 Å². The molecule has 1 heterocycles. The summed E-state index contributed by atoms with van der Waals surface area (Å²) in [7, 11) is 0. The molecule has 0 spiro atoms. The van der Waals surface area contributed by atoms with Crippen molar-refractivity contribution in [1.82, 2.24) is 0 Å². The lowest BCUT2D eigenvalue weighted by Gasteiger charge is -2.27. The van der Waals surface area contributed by atoms with Crippen LogP contribution in [0.5, 0.6) is 0 Å².